The van der Waals surface area contributed by atoms with E-state index in [1.165, 1.54) is 4.68 Å². The fourth-order valence-corrected chi connectivity index (χ4v) is 2.00. The maximum absolute atomic E-state index is 11.7. The lowest BCUT2D eigenvalue weighted by atomic mass is 9.93. The molecule has 1 aliphatic rings. The summed E-state index contributed by atoms with van der Waals surface area (Å²) < 4.78 is 6.41. The highest BCUT2D eigenvalue weighted by Crippen LogP contribution is 2.16. The molecule has 0 bridgehead atoms. The van der Waals surface area contributed by atoms with Gasteiger partial charge >= 0.3 is 0 Å². The van der Waals surface area contributed by atoms with Crippen molar-refractivity contribution < 1.29 is 4.74 Å². The predicted octanol–water partition coefficient (Wildman–Crippen LogP) is -0.294. The number of rotatable bonds is 3. The first-order valence-corrected chi connectivity index (χ1v) is 5.55. The van der Waals surface area contributed by atoms with Crippen LogP contribution in [-0.4, -0.2) is 29.5 Å². The zero-order valence-electron chi connectivity index (χ0n) is 9.48. The fraction of sp³-hybridized carbons (Fsp3) is 0.636. The Morgan fingerprint density at radius 2 is 2.50 bits per heavy atom. The third-order valence-corrected chi connectivity index (χ3v) is 2.91. The fourth-order valence-electron chi connectivity index (χ4n) is 2.00. The van der Waals surface area contributed by atoms with Crippen molar-refractivity contribution in [3.8, 4) is 0 Å². The first kappa shape index (κ1) is 11.3. The Kier molecular flexibility index (Phi) is 3.36. The van der Waals surface area contributed by atoms with E-state index in [-0.39, 0.29) is 11.6 Å². The van der Waals surface area contributed by atoms with Crippen LogP contribution < -0.4 is 11.3 Å². The number of nitrogens with two attached hydrogens (primary N) is 1. The summed E-state index contributed by atoms with van der Waals surface area (Å²) in [6.07, 6.45) is 2.58. The molecule has 1 heterocycles. The highest BCUT2D eigenvalue weighted by atomic mass is 16.5. The van der Waals surface area contributed by atoms with E-state index in [0.717, 1.165) is 30.5 Å². The van der Waals surface area contributed by atoms with Crippen LogP contribution >= 0.6 is 0 Å². The first-order valence-electron chi connectivity index (χ1n) is 5.55. The van der Waals surface area contributed by atoms with Crippen LogP contribution in [0, 0.1) is 0 Å². The smallest absolute Gasteiger partial charge is 0.267 e. The van der Waals surface area contributed by atoms with Gasteiger partial charge in [0, 0.05) is 19.2 Å². The third-order valence-electron chi connectivity index (χ3n) is 2.91. The molecular formula is C11H17N3O2. The van der Waals surface area contributed by atoms with Gasteiger partial charge in [-0.25, -0.2) is 4.68 Å². The molecule has 0 saturated heterocycles. The summed E-state index contributed by atoms with van der Waals surface area (Å²) in [7, 11) is 1.61. The number of aryl methyl sites for hydroxylation is 1. The minimum Gasteiger partial charge on any atom is -0.383 e. The second kappa shape index (κ2) is 4.76. The SMILES string of the molecule is COCCn1nc2c(cc1=O)C[C@@H](N)CC2. The lowest BCUT2D eigenvalue weighted by Crippen LogP contribution is -2.33. The molecule has 0 aromatic carbocycles. The molecular weight excluding hydrogens is 206 g/mol. The van der Waals surface area contributed by atoms with Gasteiger partial charge in [0.25, 0.3) is 5.56 Å². The standard InChI is InChI=1S/C11H17N3O2/c1-16-5-4-14-11(15)7-8-6-9(12)2-3-10(8)13-14/h7,9H,2-6,12H2,1H3/t9-/m0/s1. The van der Waals surface area contributed by atoms with Crippen molar-refractivity contribution in [2.45, 2.75) is 31.8 Å². The Bertz CT molecular complexity index is 428. The molecule has 0 fully saturated rings. The molecule has 1 aromatic heterocycles. The van der Waals surface area contributed by atoms with Gasteiger partial charge in [-0.2, -0.15) is 5.10 Å². The lowest BCUT2D eigenvalue weighted by Gasteiger charge is -2.20. The molecule has 0 radical (unpaired) electrons. The Morgan fingerprint density at radius 1 is 1.69 bits per heavy atom. The second-order valence-electron chi connectivity index (χ2n) is 4.17. The zero-order valence-corrected chi connectivity index (χ0v) is 9.48. The molecule has 5 heteroatoms. The molecule has 2 rings (SSSR count). The van der Waals surface area contributed by atoms with Gasteiger partial charge in [0.2, 0.25) is 0 Å². The zero-order chi connectivity index (χ0) is 11.5. The van der Waals surface area contributed by atoms with Gasteiger partial charge in [-0.1, -0.05) is 0 Å². The number of hydrogen-bond acceptors (Lipinski definition) is 4. The molecule has 2 N–H and O–H groups in total. The molecule has 1 aromatic rings. The highest BCUT2D eigenvalue weighted by molar-refractivity contribution is 5.22. The van der Waals surface area contributed by atoms with Crippen LogP contribution in [0.25, 0.3) is 0 Å². The molecule has 0 amide bonds. The largest absolute Gasteiger partial charge is 0.383 e. The summed E-state index contributed by atoms with van der Waals surface area (Å²) in [5.74, 6) is 0. The van der Waals surface area contributed by atoms with E-state index in [1.807, 2.05) is 0 Å². The van der Waals surface area contributed by atoms with Gasteiger partial charge in [-0.3, -0.25) is 4.79 Å². The van der Waals surface area contributed by atoms with E-state index in [9.17, 15) is 4.79 Å². The maximum Gasteiger partial charge on any atom is 0.267 e. The molecule has 1 atom stereocenters. The van der Waals surface area contributed by atoms with Gasteiger partial charge in [-0.15, -0.1) is 0 Å². The van der Waals surface area contributed by atoms with Crippen molar-refractivity contribution >= 4 is 0 Å². The van der Waals surface area contributed by atoms with E-state index >= 15 is 0 Å². The van der Waals surface area contributed by atoms with Gasteiger partial charge < -0.3 is 10.5 Å². The number of nitrogens with zero attached hydrogens (tertiary/aromatic N) is 2. The summed E-state index contributed by atoms with van der Waals surface area (Å²) >= 11 is 0. The molecule has 0 unspecified atom stereocenters. The van der Waals surface area contributed by atoms with Crippen molar-refractivity contribution in [3.05, 3.63) is 27.7 Å². The number of ether oxygens (including phenoxy) is 1. The Morgan fingerprint density at radius 3 is 3.25 bits per heavy atom. The lowest BCUT2D eigenvalue weighted by molar-refractivity contribution is 0.181. The van der Waals surface area contributed by atoms with Gasteiger partial charge in [0.05, 0.1) is 18.8 Å². The van der Waals surface area contributed by atoms with Crippen LogP contribution in [0.3, 0.4) is 0 Å². The second-order valence-corrected chi connectivity index (χ2v) is 4.17. The monoisotopic (exact) mass is 223 g/mol. The minimum atomic E-state index is -0.0649. The first-order chi connectivity index (χ1) is 7.70. The van der Waals surface area contributed by atoms with Crippen LogP contribution in [0.5, 0.6) is 0 Å². The van der Waals surface area contributed by atoms with Gasteiger partial charge in [0.1, 0.15) is 0 Å². The molecule has 0 spiro atoms. The summed E-state index contributed by atoms with van der Waals surface area (Å²) in [5.41, 5.74) is 7.82. The minimum absolute atomic E-state index is 0.0649. The number of methoxy groups -OCH3 is 1. The Hall–Kier alpha value is -1.20. The number of hydrogen-bond donors (Lipinski definition) is 1. The molecule has 0 aliphatic heterocycles. The maximum atomic E-state index is 11.7. The van der Waals surface area contributed by atoms with Crippen LogP contribution in [0.4, 0.5) is 0 Å². The van der Waals surface area contributed by atoms with Crippen molar-refractivity contribution in [1.82, 2.24) is 9.78 Å². The molecule has 88 valence electrons. The Labute approximate surface area is 94.2 Å². The molecule has 5 nitrogen and oxygen atoms in total. The van der Waals surface area contributed by atoms with Crippen LogP contribution in [0.15, 0.2) is 10.9 Å². The predicted molar refractivity (Wildman–Crippen MR) is 60.4 cm³/mol. The average molecular weight is 223 g/mol. The van der Waals surface area contributed by atoms with Crippen LogP contribution in [0.2, 0.25) is 0 Å². The summed E-state index contributed by atoms with van der Waals surface area (Å²) in [6, 6.07) is 1.83. The molecule has 1 aliphatic carbocycles. The summed E-state index contributed by atoms with van der Waals surface area (Å²) in [4.78, 5) is 11.7. The number of aromatic nitrogens is 2. The van der Waals surface area contributed by atoms with Crippen molar-refractivity contribution in [1.29, 1.82) is 0 Å². The van der Waals surface area contributed by atoms with Crippen molar-refractivity contribution in [3.63, 3.8) is 0 Å². The van der Waals surface area contributed by atoms with Crippen molar-refractivity contribution in [2.75, 3.05) is 13.7 Å². The van der Waals surface area contributed by atoms with Crippen molar-refractivity contribution in [2.24, 2.45) is 5.73 Å². The van der Waals surface area contributed by atoms with E-state index in [0.29, 0.717) is 13.2 Å². The topological polar surface area (TPSA) is 70.1 Å². The van der Waals surface area contributed by atoms with Crippen LogP contribution in [-0.2, 0) is 24.1 Å². The average Bonchev–Trinajstić information content (AvgIpc) is 2.26. The number of fused-ring (bicyclic) bond motifs is 1. The summed E-state index contributed by atoms with van der Waals surface area (Å²) in [6.45, 7) is 1.01. The van der Waals surface area contributed by atoms with Crippen LogP contribution in [0.1, 0.15) is 17.7 Å². The van der Waals surface area contributed by atoms with E-state index < -0.39 is 0 Å². The summed E-state index contributed by atoms with van der Waals surface area (Å²) in [5, 5.41) is 4.35. The normalized spacial score (nSPS) is 19.5. The van der Waals surface area contributed by atoms with E-state index in [2.05, 4.69) is 5.10 Å². The highest BCUT2D eigenvalue weighted by Gasteiger charge is 2.18. The van der Waals surface area contributed by atoms with E-state index in [4.69, 9.17) is 10.5 Å². The third kappa shape index (κ3) is 2.31. The molecule has 0 saturated carbocycles. The Balaban J connectivity index is 2.27. The van der Waals surface area contributed by atoms with Gasteiger partial charge in [0.15, 0.2) is 0 Å². The van der Waals surface area contributed by atoms with E-state index in [1.54, 1.807) is 13.2 Å². The van der Waals surface area contributed by atoms with Gasteiger partial charge in [-0.05, 0) is 24.8 Å². The quantitative estimate of drug-likeness (QED) is 0.764. The molecule has 16 heavy (non-hydrogen) atoms.